The minimum absolute atomic E-state index is 0.0873. The third kappa shape index (κ3) is 3.50. The Morgan fingerprint density at radius 3 is 2.03 bits per heavy atom. The fourth-order valence-corrected chi connectivity index (χ4v) is 4.35. The van der Waals surface area contributed by atoms with Crippen LogP contribution in [0, 0.1) is 6.92 Å². The van der Waals surface area contributed by atoms with Crippen molar-refractivity contribution in [2.24, 2.45) is 0 Å². The Balaban J connectivity index is 1.88. The minimum Gasteiger partial charge on any atom is -0.397 e. The number of pyridine rings is 1. The van der Waals surface area contributed by atoms with Gasteiger partial charge in [-0.05, 0) is 42.8 Å². The van der Waals surface area contributed by atoms with Gasteiger partial charge in [0.15, 0.2) is 0 Å². The summed E-state index contributed by atoms with van der Waals surface area (Å²) in [6.45, 7) is 1.53. The number of thiophene rings is 1. The minimum atomic E-state index is -4.58. The van der Waals surface area contributed by atoms with E-state index in [1.165, 1.54) is 11.8 Å². The van der Waals surface area contributed by atoms with Crippen molar-refractivity contribution >= 4 is 44.5 Å². The largest absolute Gasteiger partial charge is 0.433 e. The zero-order chi connectivity index (χ0) is 21.5. The van der Waals surface area contributed by atoms with Gasteiger partial charge >= 0.3 is 6.18 Å². The number of amides is 1. The Kier molecular flexibility index (Phi) is 4.95. The first-order valence-corrected chi connectivity index (χ1v) is 9.80. The number of nitrogen functional groups attached to an aromatic ring is 1. The van der Waals surface area contributed by atoms with Gasteiger partial charge in [-0.3, -0.25) is 9.69 Å². The molecule has 0 radical (unpaired) electrons. The lowest BCUT2D eigenvalue weighted by atomic mass is 10.1. The Morgan fingerprint density at radius 1 is 1.00 bits per heavy atom. The number of anilines is 3. The molecular weight excluding hydrogens is 411 g/mol. The molecule has 0 atom stereocenters. The molecule has 4 nitrogen and oxygen atoms in total. The predicted octanol–water partition coefficient (Wildman–Crippen LogP) is 6.18. The maximum Gasteiger partial charge on any atom is 0.433 e. The molecule has 0 aliphatic rings. The molecule has 0 spiro atoms. The molecule has 30 heavy (non-hydrogen) atoms. The van der Waals surface area contributed by atoms with Crippen LogP contribution in [0.25, 0.3) is 10.2 Å². The molecule has 8 heteroatoms. The highest BCUT2D eigenvalue weighted by atomic mass is 32.1. The maximum atomic E-state index is 13.5. The first-order valence-electron chi connectivity index (χ1n) is 8.98. The summed E-state index contributed by atoms with van der Waals surface area (Å²) in [6.07, 6.45) is -4.58. The zero-order valence-electron chi connectivity index (χ0n) is 15.8. The quantitative estimate of drug-likeness (QED) is 0.424. The number of aryl methyl sites for hydroxylation is 1. The smallest absolute Gasteiger partial charge is 0.397 e. The van der Waals surface area contributed by atoms with Gasteiger partial charge < -0.3 is 5.73 Å². The topological polar surface area (TPSA) is 59.2 Å². The Hall–Kier alpha value is -3.39. The van der Waals surface area contributed by atoms with Crippen LogP contribution in [0.1, 0.15) is 20.9 Å². The van der Waals surface area contributed by atoms with Crippen molar-refractivity contribution < 1.29 is 18.0 Å². The summed E-state index contributed by atoms with van der Waals surface area (Å²) in [5, 5.41) is 0.373. The van der Waals surface area contributed by atoms with Crippen LogP contribution in [0.15, 0.2) is 66.7 Å². The molecule has 0 unspecified atom stereocenters. The summed E-state index contributed by atoms with van der Waals surface area (Å²) in [4.78, 5) is 19.0. The van der Waals surface area contributed by atoms with Crippen molar-refractivity contribution in [1.29, 1.82) is 0 Å². The number of carbonyl (C=O) groups is 1. The molecule has 0 aliphatic carbocycles. The first-order chi connectivity index (χ1) is 14.3. The molecule has 2 aromatic heterocycles. The van der Waals surface area contributed by atoms with Crippen molar-refractivity contribution in [3.05, 3.63) is 82.9 Å². The van der Waals surface area contributed by atoms with Crippen LogP contribution < -0.4 is 10.6 Å². The van der Waals surface area contributed by atoms with E-state index < -0.39 is 17.8 Å². The monoisotopic (exact) mass is 427 g/mol. The van der Waals surface area contributed by atoms with Gasteiger partial charge in [0.1, 0.15) is 15.4 Å². The number of nitrogens with two attached hydrogens (primary N) is 1. The number of para-hydroxylation sites is 2. The van der Waals surface area contributed by atoms with Crippen molar-refractivity contribution in [2.75, 3.05) is 10.6 Å². The number of fused-ring (bicyclic) bond motifs is 1. The summed E-state index contributed by atoms with van der Waals surface area (Å²) in [6, 6.07) is 18.9. The average Bonchev–Trinajstić information content (AvgIpc) is 3.06. The van der Waals surface area contributed by atoms with E-state index in [2.05, 4.69) is 4.98 Å². The number of alkyl halides is 3. The van der Waals surface area contributed by atoms with Gasteiger partial charge in [-0.1, -0.05) is 36.4 Å². The highest BCUT2D eigenvalue weighted by Gasteiger charge is 2.34. The third-order valence-corrected chi connectivity index (χ3v) is 5.70. The second kappa shape index (κ2) is 7.46. The summed E-state index contributed by atoms with van der Waals surface area (Å²) in [5.41, 5.74) is 6.93. The number of nitrogens with zero attached hydrogens (tertiary/aromatic N) is 2. The van der Waals surface area contributed by atoms with Gasteiger partial charge in [0.2, 0.25) is 0 Å². The lowest BCUT2D eigenvalue weighted by Gasteiger charge is -2.22. The van der Waals surface area contributed by atoms with Crippen LogP contribution in [-0.4, -0.2) is 10.9 Å². The van der Waals surface area contributed by atoms with E-state index in [0.29, 0.717) is 22.3 Å². The molecule has 4 aromatic rings. The second-order valence-corrected chi connectivity index (χ2v) is 7.66. The predicted molar refractivity (Wildman–Crippen MR) is 113 cm³/mol. The van der Waals surface area contributed by atoms with Crippen molar-refractivity contribution in [3.8, 4) is 0 Å². The number of aromatic nitrogens is 1. The summed E-state index contributed by atoms with van der Waals surface area (Å²) in [7, 11) is 0. The van der Waals surface area contributed by atoms with Gasteiger partial charge in [0, 0.05) is 16.8 Å². The molecule has 2 heterocycles. The zero-order valence-corrected chi connectivity index (χ0v) is 16.6. The average molecular weight is 427 g/mol. The maximum absolute atomic E-state index is 13.5. The highest BCUT2D eigenvalue weighted by Crippen LogP contribution is 2.40. The van der Waals surface area contributed by atoms with E-state index in [1.807, 2.05) is 12.1 Å². The second-order valence-electron chi connectivity index (χ2n) is 6.66. The lowest BCUT2D eigenvalue weighted by Crippen LogP contribution is -2.25. The van der Waals surface area contributed by atoms with Crippen molar-refractivity contribution in [3.63, 3.8) is 0 Å². The van der Waals surface area contributed by atoms with Crippen LogP contribution in [0.4, 0.5) is 30.2 Å². The molecule has 0 aliphatic heterocycles. The molecular formula is C22H16F3N3OS. The van der Waals surface area contributed by atoms with Crippen LogP contribution in [0.3, 0.4) is 0 Å². The molecule has 2 aromatic carbocycles. The van der Waals surface area contributed by atoms with E-state index in [9.17, 15) is 18.0 Å². The van der Waals surface area contributed by atoms with Crippen LogP contribution in [-0.2, 0) is 6.18 Å². The van der Waals surface area contributed by atoms with Gasteiger partial charge in [-0.15, -0.1) is 11.3 Å². The molecule has 0 saturated carbocycles. The Morgan fingerprint density at radius 2 is 1.53 bits per heavy atom. The van der Waals surface area contributed by atoms with Gasteiger partial charge in [0.25, 0.3) is 5.91 Å². The number of halogens is 3. The molecule has 1 amide bonds. The Bertz CT molecular complexity index is 1180. The molecule has 152 valence electrons. The molecule has 0 bridgehead atoms. The molecule has 4 rings (SSSR count). The molecule has 2 N–H and O–H groups in total. The van der Waals surface area contributed by atoms with E-state index in [1.54, 1.807) is 48.5 Å². The SMILES string of the molecule is Cc1cc(C(F)(F)F)nc2sc(C(=O)N(c3ccccc3)c3ccccc3)c(N)c12. The van der Waals surface area contributed by atoms with Gasteiger partial charge in [-0.2, -0.15) is 13.2 Å². The van der Waals surface area contributed by atoms with Gasteiger partial charge in [0.05, 0.1) is 5.69 Å². The number of benzene rings is 2. The fourth-order valence-electron chi connectivity index (χ4n) is 3.25. The number of hydrogen-bond donors (Lipinski definition) is 1. The summed E-state index contributed by atoms with van der Waals surface area (Å²) < 4.78 is 39.5. The summed E-state index contributed by atoms with van der Waals surface area (Å²) >= 11 is 0.867. The van der Waals surface area contributed by atoms with Crippen LogP contribution in [0.2, 0.25) is 0 Å². The molecule has 0 fully saturated rings. The van der Waals surface area contributed by atoms with Crippen molar-refractivity contribution in [2.45, 2.75) is 13.1 Å². The number of hydrogen-bond acceptors (Lipinski definition) is 4. The number of carbonyl (C=O) groups excluding carboxylic acids is 1. The molecule has 0 saturated heterocycles. The Labute approximate surface area is 174 Å². The van der Waals surface area contributed by atoms with Crippen molar-refractivity contribution in [1.82, 2.24) is 4.98 Å². The first kappa shape index (κ1) is 19.9. The van der Waals surface area contributed by atoms with Crippen LogP contribution >= 0.6 is 11.3 Å². The highest BCUT2D eigenvalue weighted by molar-refractivity contribution is 7.21. The summed E-state index contributed by atoms with van der Waals surface area (Å²) in [5.74, 6) is -0.430. The van der Waals surface area contributed by atoms with E-state index in [-0.39, 0.29) is 15.4 Å². The van der Waals surface area contributed by atoms with E-state index in [0.717, 1.165) is 17.4 Å². The number of rotatable bonds is 3. The normalized spacial score (nSPS) is 11.6. The van der Waals surface area contributed by atoms with E-state index in [4.69, 9.17) is 5.73 Å². The van der Waals surface area contributed by atoms with Crippen LogP contribution in [0.5, 0.6) is 0 Å². The standard InChI is InChI=1S/C22H16F3N3OS/c1-13-12-16(22(23,24)25)27-20-17(13)18(26)19(30-20)21(29)28(14-8-4-2-5-9-14)15-10-6-3-7-11-15/h2-12H,26H2,1H3. The fraction of sp³-hybridized carbons (Fsp3) is 0.0909. The lowest BCUT2D eigenvalue weighted by molar-refractivity contribution is -0.141. The third-order valence-electron chi connectivity index (χ3n) is 4.61. The van der Waals surface area contributed by atoms with E-state index >= 15 is 0 Å². The van der Waals surface area contributed by atoms with Gasteiger partial charge in [-0.25, -0.2) is 4.98 Å².